The van der Waals surface area contributed by atoms with E-state index in [-0.39, 0.29) is 0 Å². The zero-order valence-corrected chi connectivity index (χ0v) is 16.5. The van der Waals surface area contributed by atoms with Crippen molar-refractivity contribution in [3.05, 3.63) is 48.4 Å². The van der Waals surface area contributed by atoms with Crippen molar-refractivity contribution in [2.45, 2.75) is 18.9 Å². The van der Waals surface area contributed by atoms with Crippen molar-refractivity contribution in [3.8, 4) is 27.8 Å². The van der Waals surface area contributed by atoms with Crippen molar-refractivity contribution in [1.29, 1.82) is 5.26 Å². The zero-order valence-electron chi connectivity index (χ0n) is 15.7. The number of nitrogens with two attached hydrogens (primary N) is 1. The summed E-state index contributed by atoms with van der Waals surface area (Å²) in [6, 6.07) is 10.3. The molecule has 0 spiro atoms. The summed E-state index contributed by atoms with van der Waals surface area (Å²) in [5.74, 6) is 0.428. The number of pyridine rings is 1. The van der Waals surface area contributed by atoms with Gasteiger partial charge in [0.15, 0.2) is 0 Å². The van der Waals surface area contributed by atoms with Crippen LogP contribution in [0.3, 0.4) is 0 Å². The van der Waals surface area contributed by atoms with Crippen molar-refractivity contribution in [2.24, 2.45) is 0 Å². The monoisotopic (exact) mass is 401 g/mol. The molecule has 0 amide bonds. The Hall–Kier alpha value is -3.28. The quantitative estimate of drug-likeness (QED) is 0.543. The Morgan fingerprint density at radius 3 is 2.90 bits per heavy atom. The molecule has 0 bridgehead atoms. The number of hydrogen-bond acceptors (Lipinski definition) is 7. The molecule has 1 fully saturated rings. The third-order valence-corrected chi connectivity index (χ3v) is 6.36. The Balaban J connectivity index is 1.53. The smallest absolute Gasteiger partial charge is 0.133 e. The van der Waals surface area contributed by atoms with E-state index in [9.17, 15) is 5.26 Å². The van der Waals surface area contributed by atoms with Crippen LogP contribution < -0.4 is 11.1 Å². The molecule has 1 aliphatic rings. The maximum absolute atomic E-state index is 9.34. The number of anilines is 1. The number of hydrogen-bond donors (Lipinski definition) is 2. The minimum atomic E-state index is 0.428. The summed E-state index contributed by atoms with van der Waals surface area (Å²) >= 11 is 1.52. The molecule has 1 saturated heterocycles. The summed E-state index contributed by atoms with van der Waals surface area (Å²) in [7, 11) is 0. The van der Waals surface area contributed by atoms with Gasteiger partial charge in [-0.3, -0.25) is 4.68 Å². The van der Waals surface area contributed by atoms with Gasteiger partial charge in [0, 0.05) is 23.5 Å². The first-order valence-electron chi connectivity index (χ1n) is 9.54. The molecule has 1 aromatic carbocycles. The normalized spacial score (nSPS) is 14.9. The number of nitriles is 1. The number of piperidine rings is 1. The number of para-hydroxylation sites is 1. The van der Waals surface area contributed by atoms with Crippen LogP contribution in [0.4, 0.5) is 5.82 Å². The lowest BCUT2D eigenvalue weighted by molar-refractivity contribution is 0.343. The lowest BCUT2D eigenvalue weighted by Gasteiger charge is -2.22. The van der Waals surface area contributed by atoms with Gasteiger partial charge in [-0.1, -0.05) is 6.07 Å². The summed E-state index contributed by atoms with van der Waals surface area (Å²) < 4.78 is 3.02. The minimum absolute atomic E-state index is 0.428. The molecule has 0 atom stereocenters. The lowest BCUT2D eigenvalue weighted by Crippen LogP contribution is -2.29. The number of nitrogens with one attached hydrogen (secondary N) is 1. The van der Waals surface area contributed by atoms with Crippen LogP contribution in [-0.4, -0.2) is 32.8 Å². The van der Waals surface area contributed by atoms with Crippen molar-refractivity contribution in [2.75, 3.05) is 18.8 Å². The molecule has 3 N–H and O–H groups in total. The fourth-order valence-corrected chi connectivity index (χ4v) is 4.73. The maximum Gasteiger partial charge on any atom is 0.133 e. The van der Waals surface area contributed by atoms with Crippen molar-refractivity contribution >= 4 is 27.4 Å². The van der Waals surface area contributed by atoms with Gasteiger partial charge in [0.25, 0.3) is 0 Å². The Labute approximate surface area is 171 Å². The molecule has 3 aromatic heterocycles. The van der Waals surface area contributed by atoms with Crippen LogP contribution in [0.25, 0.3) is 31.9 Å². The maximum atomic E-state index is 9.34. The van der Waals surface area contributed by atoms with Gasteiger partial charge in [-0.25, -0.2) is 9.97 Å². The van der Waals surface area contributed by atoms with E-state index in [2.05, 4.69) is 37.3 Å². The molecule has 5 rings (SSSR count). The standard InChI is InChI=1S/C21H19N7S/c22-9-13-2-1-3-18-19(13)27-21(29-18)17-8-14(10-25-20(17)23)15-11-26-28(12-15)16-4-6-24-7-5-16/h1-3,8,10-12,16,24H,4-7H2,(H2,23,25). The summed E-state index contributed by atoms with van der Waals surface area (Å²) in [6.45, 7) is 2.05. The van der Waals surface area contributed by atoms with Crippen LogP contribution in [0.15, 0.2) is 42.9 Å². The molecule has 4 heterocycles. The fourth-order valence-electron chi connectivity index (χ4n) is 3.72. The molecule has 0 aliphatic carbocycles. The molecule has 8 heteroatoms. The van der Waals surface area contributed by atoms with Gasteiger partial charge in [0.05, 0.1) is 33.6 Å². The van der Waals surface area contributed by atoms with Crippen LogP contribution in [-0.2, 0) is 0 Å². The molecule has 4 aromatic rings. The molecular weight excluding hydrogens is 382 g/mol. The Morgan fingerprint density at radius 2 is 2.07 bits per heavy atom. The Kier molecular flexibility index (Phi) is 4.46. The highest BCUT2D eigenvalue weighted by atomic mass is 32.1. The van der Waals surface area contributed by atoms with Crippen LogP contribution in [0.1, 0.15) is 24.4 Å². The van der Waals surface area contributed by atoms with E-state index in [0.717, 1.165) is 52.3 Å². The van der Waals surface area contributed by atoms with Crippen molar-refractivity contribution in [3.63, 3.8) is 0 Å². The lowest BCUT2D eigenvalue weighted by atomic mass is 10.1. The topological polar surface area (TPSA) is 105 Å². The third kappa shape index (κ3) is 3.24. The van der Waals surface area contributed by atoms with Crippen LogP contribution in [0.5, 0.6) is 0 Å². The van der Waals surface area contributed by atoms with E-state index in [0.29, 0.717) is 22.9 Å². The van der Waals surface area contributed by atoms with Gasteiger partial charge in [-0.2, -0.15) is 10.4 Å². The fraction of sp³-hybridized carbons (Fsp3) is 0.238. The second-order valence-electron chi connectivity index (χ2n) is 7.13. The van der Waals surface area contributed by atoms with Gasteiger partial charge < -0.3 is 11.1 Å². The van der Waals surface area contributed by atoms with Gasteiger partial charge in [0.1, 0.15) is 16.9 Å². The SMILES string of the molecule is N#Cc1cccc2sc(-c3cc(-c4cnn(C5CCNCC5)c4)cnc3N)nc12. The zero-order chi connectivity index (χ0) is 19.8. The number of thiazole rings is 1. The van der Waals surface area contributed by atoms with E-state index in [4.69, 9.17) is 5.73 Å². The van der Waals surface area contributed by atoms with Crippen LogP contribution in [0.2, 0.25) is 0 Å². The predicted octanol–water partition coefficient (Wildman–Crippen LogP) is 3.60. The second kappa shape index (κ2) is 7.28. The van der Waals surface area contributed by atoms with E-state index >= 15 is 0 Å². The van der Waals surface area contributed by atoms with Crippen LogP contribution >= 0.6 is 11.3 Å². The number of aromatic nitrogens is 4. The molecule has 1 aliphatic heterocycles. The summed E-state index contributed by atoms with van der Waals surface area (Å²) in [5.41, 5.74) is 10.2. The summed E-state index contributed by atoms with van der Waals surface area (Å²) in [4.78, 5) is 9.08. The summed E-state index contributed by atoms with van der Waals surface area (Å²) in [5, 5.41) is 18.1. The van der Waals surface area contributed by atoms with Crippen molar-refractivity contribution < 1.29 is 0 Å². The van der Waals surface area contributed by atoms with Gasteiger partial charge in [0.2, 0.25) is 0 Å². The molecule has 0 saturated carbocycles. The first kappa shape index (κ1) is 17.8. The van der Waals surface area contributed by atoms with E-state index in [1.54, 1.807) is 12.3 Å². The number of rotatable bonds is 3. The highest BCUT2D eigenvalue weighted by Gasteiger charge is 2.18. The predicted molar refractivity (Wildman–Crippen MR) is 114 cm³/mol. The van der Waals surface area contributed by atoms with E-state index in [1.165, 1.54) is 11.3 Å². The second-order valence-corrected chi connectivity index (χ2v) is 8.16. The van der Waals surface area contributed by atoms with E-state index < -0.39 is 0 Å². The minimum Gasteiger partial charge on any atom is -0.383 e. The molecule has 0 unspecified atom stereocenters. The average molecular weight is 401 g/mol. The number of nitrogens with zero attached hydrogens (tertiary/aromatic N) is 5. The first-order valence-corrected chi connectivity index (χ1v) is 10.4. The number of fused-ring (bicyclic) bond motifs is 1. The molecular formula is C21H19N7S. The molecule has 29 heavy (non-hydrogen) atoms. The summed E-state index contributed by atoms with van der Waals surface area (Å²) in [6.07, 6.45) is 7.90. The molecule has 144 valence electrons. The highest BCUT2D eigenvalue weighted by Crippen LogP contribution is 2.36. The van der Waals surface area contributed by atoms with E-state index in [1.807, 2.05) is 24.4 Å². The van der Waals surface area contributed by atoms with Gasteiger partial charge in [-0.15, -0.1) is 11.3 Å². The first-order chi connectivity index (χ1) is 14.2. The number of nitrogen functional groups attached to an aromatic ring is 1. The molecule has 0 radical (unpaired) electrons. The van der Waals surface area contributed by atoms with Gasteiger partial charge in [-0.05, 0) is 44.1 Å². The Morgan fingerprint density at radius 1 is 1.21 bits per heavy atom. The largest absolute Gasteiger partial charge is 0.383 e. The molecule has 7 nitrogen and oxygen atoms in total. The highest BCUT2D eigenvalue weighted by molar-refractivity contribution is 7.21. The van der Waals surface area contributed by atoms with Crippen molar-refractivity contribution in [1.82, 2.24) is 25.1 Å². The number of benzene rings is 1. The van der Waals surface area contributed by atoms with Crippen LogP contribution in [0, 0.1) is 11.3 Å². The van der Waals surface area contributed by atoms with Gasteiger partial charge >= 0.3 is 0 Å². The Bertz CT molecular complexity index is 1230. The third-order valence-electron chi connectivity index (χ3n) is 5.31. The average Bonchev–Trinajstić information content (AvgIpc) is 3.42.